The topological polar surface area (TPSA) is 45.2 Å². The largest absolute Gasteiger partial charge is 0.324 e. The number of aromatic nitrogens is 1. The molecule has 0 aliphatic carbocycles. The first-order valence-electron chi connectivity index (χ1n) is 8.68. The van der Waals surface area contributed by atoms with Crippen LogP contribution in [0.4, 0.5) is 17.2 Å². The highest BCUT2D eigenvalue weighted by Crippen LogP contribution is 2.35. The Morgan fingerprint density at radius 2 is 1.88 bits per heavy atom. The highest BCUT2D eigenvalue weighted by molar-refractivity contribution is 5.98. The maximum absolute atomic E-state index is 11.6. The second-order valence-electron chi connectivity index (χ2n) is 6.06. The third-order valence-electron chi connectivity index (χ3n) is 4.15. The van der Waals surface area contributed by atoms with E-state index < -0.39 is 0 Å². The quantitative estimate of drug-likeness (QED) is 0.680. The van der Waals surface area contributed by atoms with E-state index in [4.69, 9.17) is 0 Å². The van der Waals surface area contributed by atoms with Gasteiger partial charge in [-0.1, -0.05) is 49.7 Å². The highest BCUT2D eigenvalue weighted by Gasteiger charge is 2.17. The van der Waals surface area contributed by atoms with E-state index in [9.17, 15) is 4.79 Å². The summed E-state index contributed by atoms with van der Waals surface area (Å²) in [6, 6.07) is 18.4. The second kappa shape index (κ2) is 7.79. The molecule has 4 heteroatoms. The Kier molecular flexibility index (Phi) is 5.29. The zero-order chi connectivity index (χ0) is 17.6. The van der Waals surface area contributed by atoms with Crippen LogP contribution in [0.5, 0.6) is 0 Å². The molecule has 0 unspecified atom stereocenters. The van der Waals surface area contributed by atoms with Crippen molar-refractivity contribution in [1.29, 1.82) is 0 Å². The number of hydrogen-bond donors (Lipinski definition) is 1. The van der Waals surface area contributed by atoms with Gasteiger partial charge in [-0.3, -0.25) is 4.79 Å². The van der Waals surface area contributed by atoms with Gasteiger partial charge in [0.1, 0.15) is 0 Å². The molecule has 0 spiro atoms. The van der Waals surface area contributed by atoms with Crippen molar-refractivity contribution >= 4 is 33.9 Å². The zero-order valence-corrected chi connectivity index (χ0v) is 14.7. The molecule has 0 atom stereocenters. The minimum Gasteiger partial charge on any atom is -0.324 e. The van der Waals surface area contributed by atoms with Gasteiger partial charge in [0.2, 0.25) is 5.91 Å². The van der Waals surface area contributed by atoms with Crippen LogP contribution in [0, 0.1) is 0 Å². The molecule has 0 bridgehead atoms. The first-order chi connectivity index (χ1) is 12.2. The number of fused-ring (bicyclic) bond motifs is 1. The fraction of sp³-hybridized carbons (Fsp3) is 0.238. The molecule has 3 rings (SSSR count). The number of hydrogen-bond acceptors (Lipinski definition) is 3. The first kappa shape index (κ1) is 17.0. The van der Waals surface area contributed by atoms with Crippen molar-refractivity contribution in [3.8, 4) is 0 Å². The molecular formula is C21H23N3O. The molecule has 0 radical (unpaired) electrons. The van der Waals surface area contributed by atoms with Gasteiger partial charge in [-0.25, -0.2) is 4.98 Å². The minimum absolute atomic E-state index is 0.0948. The second-order valence-corrected chi connectivity index (χ2v) is 6.06. The number of benzene rings is 2. The third-order valence-corrected chi connectivity index (χ3v) is 4.15. The van der Waals surface area contributed by atoms with E-state index in [2.05, 4.69) is 58.5 Å². The predicted molar refractivity (Wildman–Crippen MR) is 104 cm³/mol. The monoisotopic (exact) mass is 333 g/mol. The Labute approximate surface area is 148 Å². The SMILES string of the molecule is CCCCN(c1ncccc1NC(C)=O)c1cccc2ccccc12. The summed E-state index contributed by atoms with van der Waals surface area (Å²) in [6.07, 6.45) is 3.90. The Bertz CT molecular complexity index is 870. The fourth-order valence-corrected chi connectivity index (χ4v) is 3.00. The van der Waals surface area contributed by atoms with Crippen molar-refractivity contribution in [3.05, 3.63) is 60.8 Å². The van der Waals surface area contributed by atoms with Gasteiger partial charge in [-0.2, -0.15) is 0 Å². The van der Waals surface area contributed by atoms with Gasteiger partial charge in [0.25, 0.3) is 0 Å². The molecule has 4 nitrogen and oxygen atoms in total. The summed E-state index contributed by atoms with van der Waals surface area (Å²) in [7, 11) is 0. The summed E-state index contributed by atoms with van der Waals surface area (Å²) in [5.41, 5.74) is 1.84. The van der Waals surface area contributed by atoms with Gasteiger partial charge in [-0.15, -0.1) is 0 Å². The molecule has 2 aromatic carbocycles. The Hall–Kier alpha value is -2.88. The van der Waals surface area contributed by atoms with Crippen LogP contribution in [0.2, 0.25) is 0 Å². The van der Waals surface area contributed by atoms with Crippen LogP contribution in [0.25, 0.3) is 10.8 Å². The van der Waals surface area contributed by atoms with Crippen molar-refractivity contribution in [3.63, 3.8) is 0 Å². The fourth-order valence-electron chi connectivity index (χ4n) is 3.00. The normalized spacial score (nSPS) is 10.6. The maximum atomic E-state index is 11.6. The van der Waals surface area contributed by atoms with Crippen molar-refractivity contribution < 1.29 is 4.79 Å². The summed E-state index contributed by atoms with van der Waals surface area (Å²) >= 11 is 0. The number of rotatable bonds is 6. The molecule has 25 heavy (non-hydrogen) atoms. The van der Waals surface area contributed by atoms with Crippen LogP contribution in [-0.2, 0) is 4.79 Å². The lowest BCUT2D eigenvalue weighted by Gasteiger charge is -2.27. The van der Waals surface area contributed by atoms with Gasteiger partial charge >= 0.3 is 0 Å². The average molecular weight is 333 g/mol. The smallest absolute Gasteiger partial charge is 0.221 e. The molecule has 1 aromatic heterocycles. The number of amides is 1. The minimum atomic E-state index is -0.0948. The highest BCUT2D eigenvalue weighted by atomic mass is 16.1. The standard InChI is InChI=1S/C21H23N3O/c1-3-4-15-24(21-19(23-16(2)25)12-8-14-22-21)20-13-7-10-17-9-5-6-11-18(17)20/h5-14H,3-4,15H2,1-2H3,(H,23,25). The molecule has 1 amide bonds. The van der Waals surface area contributed by atoms with Crippen LogP contribution in [0.15, 0.2) is 60.8 Å². The molecular weight excluding hydrogens is 310 g/mol. The number of nitrogens with zero attached hydrogens (tertiary/aromatic N) is 2. The van der Waals surface area contributed by atoms with Gasteiger partial charge < -0.3 is 10.2 Å². The predicted octanol–water partition coefficient (Wildman–Crippen LogP) is 5.13. The average Bonchev–Trinajstić information content (AvgIpc) is 2.63. The lowest BCUT2D eigenvalue weighted by molar-refractivity contribution is -0.114. The van der Waals surface area contributed by atoms with E-state index in [-0.39, 0.29) is 5.91 Å². The molecule has 0 aliphatic heterocycles. The van der Waals surface area contributed by atoms with Gasteiger partial charge in [0.15, 0.2) is 5.82 Å². The molecule has 1 N–H and O–H groups in total. The molecule has 3 aromatic rings. The van der Waals surface area contributed by atoms with Crippen molar-refractivity contribution in [2.24, 2.45) is 0 Å². The number of carbonyl (C=O) groups is 1. The summed E-state index contributed by atoms with van der Waals surface area (Å²) in [4.78, 5) is 18.4. The summed E-state index contributed by atoms with van der Waals surface area (Å²) in [6.45, 7) is 4.54. The molecule has 1 heterocycles. The number of anilines is 3. The number of carbonyl (C=O) groups excluding carboxylic acids is 1. The van der Waals surface area contributed by atoms with E-state index in [1.165, 1.54) is 17.7 Å². The number of unbranched alkanes of at least 4 members (excludes halogenated alkanes) is 1. The van der Waals surface area contributed by atoms with E-state index in [1.807, 2.05) is 18.2 Å². The lowest BCUT2D eigenvalue weighted by Crippen LogP contribution is -2.22. The van der Waals surface area contributed by atoms with E-state index >= 15 is 0 Å². The van der Waals surface area contributed by atoms with E-state index in [0.29, 0.717) is 0 Å². The Morgan fingerprint density at radius 3 is 2.68 bits per heavy atom. The molecule has 128 valence electrons. The first-order valence-corrected chi connectivity index (χ1v) is 8.68. The van der Waals surface area contributed by atoms with Gasteiger partial charge in [0.05, 0.1) is 11.4 Å². The number of nitrogens with one attached hydrogen (secondary N) is 1. The summed E-state index contributed by atoms with van der Waals surface area (Å²) < 4.78 is 0. The van der Waals surface area contributed by atoms with Gasteiger partial charge in [0, 0.05) is 25.1 Å². The molecule has 0 fully saturated rings. The Morgan fingerprint density at radius 1 is 1.08 bits per heavy atom. The van der Waals surface area contributed by atoms with Crippen molar-refractivity contribution in [2.45, 2.75) is 26.7 Å². The third kappa shape index (κ3) is 3.79. The summed E-state index contributed by atoms with van der Waals surface area (Å²) in [5.74, 6) is 0.685. The Balaban J connectivity index is 2.14. The molecule has 0 saturated carbocycles. The van der Waals surface area contributed by atoms with Crippen LogP contribution >= 0.6 is 0 Å². The van der Waals surface area contributed by atoms with Crippen LogP contribution < -0.4 is 10.2 Å². The van der Waals surface area contributed by atoms with Crippen LogP contribution in [-0.4, -0.2) is 17.4 Å². The van der Waals surface area contributed by atoms with Crippen LogP contribution in [0.1, 0.15) is 26.7 Å². The zero-order valence-electron chi connectivity index (χ0n) is 14.7. The van der Waals surface area contributed by atoms with Crippen molar-refractivity contribution in [1.82, 2.24) is 4.98 Å². The van der Waals surface area contributed by atoms with Crippen molar-refractivity contribution in [2.75, 3.05) is 16.8 Å². The molecule has 0 aliphatic rings. The number of pyridine rings is 1. The van der Waals surface area contributed by atoms with E-state index in [0.717, 1.165) is 36.6 Å². The van der Waals surface area contributed by atoms with E-state index in [1.54, 1.807) is 6.20 Å². The molecule has 0 saturated heterocycles. The summed E-state index contributed by atoms with van der Waals surface area (Å²) in [5, 5.41) is 5.28. The van der Waals surface area contributed by atoms with Crippen LogP contribution in [0.3, 0.4) is 0 Å². The van der Waals surface area contributed by atoms with Gasteiger partial charge in [-0.05, 0) is 30.0 Å². The lowest BCUT2D eigenvalue weighted by atomic mass is 10.1. The maximum Gasteiger partial charge on any atom is 0.221 e.